The highest BCUT2D eigenvalue weighted by atomic mass is 15.1. The third kappa shape index (κ3) is 4.98. The van der Waals surface area contributed by atoms with Crippen molar-refractivity contribution >= 4 is 44.6 Å². The molecule has 220 valence electrons. The minimum absolute atomic E-state index is 1.02. The van der Waals surface area contributed by atoms with Gasteiger partial charge in [0.05, 0.1) is 16.7 Å². The Morgan fingerprint density at radius 2 is 1.00 bits per heavy atom. The number of anilines is 4. The molecular formula is C43H33N3. The van der Waals surface area contributed by atoms with Crippen LogP contribution in [-0.2, 0) is 0 Å². The maximum atomic E-state index is 3.82. The number of rotatable bonds is 7. The summed E-state index contributed by atoms with van der Waals surface area (Å²) in [5, 5.41) is 6.31. The van der Waals surface area contributed by atoms with Crippen molar-refractivity contribution in [3.8, 4) is 27.9 Å². The number of fused-ring (bicyclic) bond motifs is 3. The Morgan fingerprint density at radius 3 is 1.67 bits per heavy atom. The Morgan fingerprint density at radius 1 is 0.478 bits per heavy atom. The highest BCUT2D eigenvalue weighted by Crippen LogP contribution is 2.39. The molecule has 1 aromatic heterocycles. The summed E-state index contributed by atoms with van der Waals surface area (Å²) in [6.07, 6.45) is 0. The predicted octanol–water partition coefficient (Wildman–Crippen LogP) is 11.6. The van der Waals surface area contributed by atoms with Crippen LogP contribution in [0.25, 0.3) is 49.7 Å². The molecule has 1 N–H and O–H groups in total. The Balaban J connectivity index is 1.33. The summed E-state index contributed by atoms with van der Waals surface area (Å²) in [4.78, 5) is 2.30. The van der Waals surface area contributed by atoms with Crippen molar-refractivity contribution in [2.75, 3.05) is 17.3 Å². The number of hydrogen-bond donors (Lipinski definition) is 1. The minimum Gasteiger partial charge on any atom is -0.355 e. The van der Waals surface area contributed by atoms with Crippen molar-refractivity contribution in [1.29, 1.82) is 0 Å². The lowest BCUT2D eigenvalue weighted by atomic mass is 10.0. The van der Waals surface area contributed by atoms with Gasteiger partial charge < -0.3 is 14.8 Å². The topological polar surface area (TPSA) is 20.2 Å². The first-order chi connectivity index (χ1) is 22.7. The second-order valence-corrected chi connectivity index (χ2v) is 11.6. The normalized spacial score (nSPS) is 11.2. The van der Waals surface area contributed by atoms with Gasteiger partial charge in [-0.2, -0.15) is 0 Å². The zero-order valence-corrected chi connectivity index (χ0v) is 25.6. The molecular weight excluding hydrogens is 558 g/mol. The van der Waals surface area contributed by atoms with E-state index in [2.05, 4.69) is 198 Å². The van der Waals surface area contributed by atoms with Crippen molar-refractivity contribution in [3.63, 3.8) is 0 Å². The Bertz CT molecular complexity index is 2250. The largest absolute Gasteiger partial charge is 0.355 e. The summed E-state index contributed by atoms with van der Waals surface area (Å²) >= 11 is 0. The number of aromatic nitrogens is 1. The maximum absolute atomic E-state index is 3.82. The fraction of sp³-hybridized carbons (Fsp3) is 0.0233. The van der Waals surface area contributed by atoms with Crippen molar-refractivity contribution in [2.24, 2.45) is 0 Å². The van der Waals surface area contributed by atoms with Gasteiger partial charge >= 0.3 is 0 Å². The summed E-state index contributed by atoms with van der Waals surface area (Å²) in [5.41, 5.74) is 12.5. The van der Waals surface area contributed by atoms with Gasteiger partial charge in [0, 0.05) is 51.7 Å². The Kier molecular flexibility index (Phi) is 7.05. The molecule has 0 spiro atoms. The van der Waals surface area contributed by atoms with E-state index < -0.39 is 0 Å². The first kappa shape index (κ1) is 27.5. The van der Waals surface area contributed by atoms with Crippen LogP contribution < -0.4 is 10.2 Å². The van der Waals surface area contributed by atoms with Crippen molar-refractivity contribution < 1.29 is 0 Å². The van der Waals surface area contributed by atoms with Crippen LogP contribution in [0.3, 0.4) is 0 Å². The van der Waals surface area contributed by atoms with E-state index in [1.807, 2.05) is 0 Å². The molecule has 0 aliphatic heterocycles. The van der Waals surface area contributed by atoms with Gasteiger partial charge in [-0.3, -0.25) is 0 Å². The summed E-state index contributed by atoms with van der Waals surface area (Å²) < 4.78 is 2.39. The molecule has 0 saturated carbocycles. The van der Waals surface area contributed by atoms with Crippen LogP contribution in [0.2, 0.25) is 0 Å². The molecule has 7 aromatic carbocycles. The number of para-hydroxylation sites is 4. The summed E-state index contributed by atoms with van der Waals surface area (Å²) in [5.74, 6) is 0. The third-order valence-electron chi connectivity index (χ3n) is 8.77. The number of hydrogen-bond acceptors (Lipinski definition) is 2. The minimum atomic E-state index is 1.02. The smallest absolute Gasteiger partial charge is 0.0541 e. The highest BCUT2D eigenvalue weighted by Gasteiger charge is 2.17. The van der Waals surface area contributed by atoms with Crippen molar-refractivity contribution in [2.45, 2.75) is 0 Å². The Labute approximate surface area is 269 Å². The standard InChI is InChI=1S/C43H33N3/c1-45(41-25-13-9-21-37(41)32-18-6-3-7-19-32)34-28-33(44-40-24-12-8-20-36(40)31-16-4-2-5-17-31)29-35(30-34)46-42-26-14-10-22-38(42)39-23-11-15-27-43(39)46/h2-30,44H,1H3. The summed E-state index contributed by atoms with van der Waals surface area (Å²) in [6, 6.07) is 62.5. The molecule has 3 nitrogen and oxygen atoms in total. The second kappa shape index (κ2) is 11.8. The van der Waals surface area contributed by atoms with Gasteiger partial charge in [-0.1, -0.05) is 133 Å². The highest BCUT2D eigenvalue weighted by molar-refractivity contribution is 6.09. The molecule has 0 atom stereocenters. The van der Waals surface area contributed by atoms with E-state index in [0.29, 0.717) is 0 Å². The summed E-state index contributed by atoms with van der Waals surface area (Å²) in [6.45, 7) is 0. The van der Waals surface area contributed by atoms with Gasteiger partial charge in [0.2, 0.25) is 0 Å². The molecule has 8 rings (SSSR count). The van der Waals surface area contributed by atoms with Crippen LogP contribution in [-0.4, -0.2) is 11.6 Å². The first-order valence-electron chi connectivity index (χ1n) is 15.7. The van der Waals surface area contributed by atoms with Gasteiger partial charge in [0.1, 0.15) is 0 Å². The van der Waals surface area contributed by atoms with Gasteiger partial charge in [-0.15, -0.1) is 0 Å². The number of nitrogens with zero attached hydrogens (tertiary/aromatic N) is 2. The molecule has 0 radical (unpaired) electrons. The molecule has 0 saturated heterocycles. The number of benzene rings is 7. The van der Waals surface area contributed by atoms with E-state index in [4.69, 9.17) is 0 Å². The maximum Gasteiger partial charge on any atom is 0.0541 e. The molecule has 46 heavy (non-hydrogen) atoms. The van der Waals surface area contributed by atoms with Crippen LogP contribution in [0.4, 0.5) is 22.7 Å². The lowest BCUT2D eigenvalue weighted by Gasteiger charge is -2.25. The van der Waals surface area contributed by atoms with E-state index in [1.165, 1.54) is 38.5 Å². The molecule has 0 aliphatic rings. The SMILES string of the molecule is CN(c1cc(Nc2ccccc2-c2ccccc2)cc(-n2c3ccccc3c3ccccc32)c1)c1ccccc1-c1ccccc1. The van der Waals surface area contributed by atoms with Gasteiger partial charge in [0.25, 0.3) is 0 Å². The summed E-state index contributed by atoms with van der Waals surface area (Å²) in [7, 11) is 2.16. The average molecular weight is 592 g/mol. The molecule has 0 unspecified atom stereocenters. The van der Waals surface area contributed by atoms with E-state index in [1.54, 1.807) is 0 Å². The second-order valence-electron chi connectivity index (χ2n) is 11.6. The lowest BCUT2D eigenvalue weighted by Crippen LogP contribution is -2.12. The molecule has 1 heterocycles. The molecule has 0 fully saturated rings. The van der Waals surface area contributed by atoms with E-state index in [9.17, 15) is 0 Å². The van der Waals surface area contributed by atoms with Crippen LogP contribution in [0.1, 0.15) is 0 Å². The van der Waals surface area contributed by atoms with Gasteiger partial charge in [-0.05, 0) is 53.6 Å². The van der Waals surface area contributed by atoms with E-state index in [-0.39, 0.29) is 0 Å². The number of nitrogens with one attached hydrogen (secondary N) is 1. The van der Waals surface area contributed by atoms with Gasteiger partial charge in [0.15, 0.2) is 0 Å². The fourth-order valence-electron chi connectivity index (χ4n) is 6.57. The zero-order valence-electron chi connectivity index (χ0n) is 25.6. The van der Waals surface area contributed by atoms with E-state index in [0.717, 1.165) is 34.0 Å². The first-order valence-corrected chi connectivity index (χ1v) is 15.7. The lowest BCUT2D eigenvalue weighted by molar-refractivity contribution is 1.15. The van der Waals surface area contributed by atoms with Crippen LogP contribution >= 0.6 is 0 Å². The third-order valence-corrected chi connectivity index (χ3v) is 8.77. The zero-order chi connectivity index (χ0) is 30.9. The molecule has 0 amide bonds. The average Bonchev–Trinajstić information content (AvgIpc) is 3.47. The quantitative estimate of drug-likeness (QED) is 0.199. The molecule has 0 bridgehead atoms. The molecule has 0 aliphatic carbocycles. The van der Waals surface area contributed by atoms with Crippen molar-refractivity contribution in [3.05, 3.63) is 176 Å². The van der Waals surface area contributed by atoms with Gasteiger partial charge in [-0.25, -0.2) is 0 Å². The molecule has 8 aromatic rings. The van der Waals surface area contributed by atoms with E-state index >= 15 is 0 Å². The van der Waals surface area contributed by atoms with Crippen molar-refractivity contribution in [1.82, 2.24) is 4.57 Å². The Hall–Kier alpha value is -6.06. The van der Waals surface area contributed by atoms with Crippen LogP contribution in [0.5, 0.6) is 0 Å². The van der Waals surface area contributed by atoms with Crippen LogP contribution in [0.15, 0.2) is 176 Å². The van der Waals surface area contributed by atoms with Crippen LogP contribution in [0, 0.1) is 0 Å². The monoisotopic (exact) mass is 591 g/mol. The fourth-order valence-corrected chi connectivity index (χ4v) is 6.57. The predicted molar refractivity (Wildman–Crippen MR) is 196 cm³/mol. The molecule has 3 heteroatoms.